The van der Waals surface area contributed by atoms with Crippen LogP contribution in [0.5, 0.6) is 0 Å². The predicted octanol–water partition coefficient (Wildman–Crippen LogP) is 2.73. The van der Waals surface area contributed by atoms with Crippen molar-refractivity contribution in [2.24, 2.45) is 0 Å². The molecule has 2 N–H and O–H groups in total. The summed E-state index contributed by atoms with van der Waals surface area (Å²) in [7, 11) is 0. The van der Waals surface area contributed by atoms with Gasteiger partial charge >= 0.3 is 0 Å². The number of aromatic nitrogens is 3. The fraction of sp³-hybridized carbons (Fsp3) is 0.200. The van der Waals surface area contributed by atoms with E-state index in [1.165, 1.54) is 0 Å². The molecule has 4 rings (SSSR count). The Bertz CT molecular complexity index is 1120. The zero-order valence-electron chi connectivity index (χ0n) is 14.5. The summed E-state index contributed by atoms with van der Waals surface area (Å²) in [6.45, 7) is 3.57. The number of H-pyrrole nitrogens is 1. The van der Waals surface area contributed by atoms with Gasteiger partial charge in [-0.2, -0.15) is 0 Å². The molecular weight excluding hydrogens is 328 g/mol. The first-order chi connectivity index (χ1) is 12.7. The second kappa shape index (κ2) is 6.55. The highest BCUT2D eigenvalue weighted by atomic mass is 16.2. The van der Waals surface area contributed by atoms with E-state index in [4.69, 9.17) is 0 Å². The van der Waals surface area contributed by atoms with Gasteiger partial charge in [-0.15, -0.1) is 0 Å². The molecule has 1 aromatic carbocycles. The summed E-state index contributed by atoms with van der Waals surface area (Å²) in [5, 5.41) is 4.81. The summed E-state index contributed by atoms with van der Waals surface area (Å²) in [6.07, 6.45) is 3.70. The van der Waals surface area contributed by atoms with Crippen molar-refractivity contribution in [3.05, 3.63) is 70.9 Å². The summed E-state index contributed by atoms with van der Waals surface area (Å²) in [4.78, 5) is 28.1. The zero-order valence-corrected chi connectivity index (χ0v) is 14.5. The molecule has 6 nitrogen and oxygen atoms in total. The molecule has 0 radical (unpaired) electrons. The number of aromatic amines is 1. The Hall–Kier alpha value is -3.28. The lowest BCUT2D eigenvalue weighted by Gasteiger charge is -2.08. The third kappa shape index (κ3) is 2.79. The summed E-state index contributed by atoms with van der Waals surface area (Å²) in [6, 6.07) is 13.5. The van der Waals surface area contributed by atoms with Crippen LogP contribution in [0.3, 0.4) is 0 Å². The van der Waals surface area contributed by atoms with E-state index < -0.39 is 0 Å². The number of nitrogens with one attached hydrogen (secondary N) is 2. The maximum absolute atomic E-state index is 12.7. The number of benzene rings is 1. The lowest BCUT2D eigenvalue weighted by Crippen LogP contribution is -2.31. The standard InChI is InChI=1S/C20H20N4O2/c1-2-23-10-7-14-8-11-24(20(26)18(14)23)12-9-21-19(25)17-13-15-5-3-4-6-16(15)22-17/h3-8,10-11,13,22H,2,9,12H2,1H3,(H,21,25). The highest BCUT2D eigenvalue weighted by molar-refractivity contribution is 5.97. The monoisotopic (exact) mass is 348 g/mol. The van der Waals surface area contributed by atoms with Crippen LogP contribution < -0.4 is 10.9 Å². The van der Waals surface area contributed by atoms with Gasteiger partial charge in [0.15, 0.2) is 0 Å². The van der Waals surface area contributed by atoms with E-state index in [1.807, 2.05) is 60.2 Å². The van der Waals surface area contributed by atoms with Gasteiger partial charge in [0.2, 0.25) is 0 Å². The first kappa shape index (κ1) is 16.2. The average Bonchev–Trinajstić information content (AvgIpc) is 3.27. The molecule has 0 fully saturated rings. The minimum absolute atomic E-state index is 0.0331. The van der Waals surface area contributed by atoms with Gasteiger partial charge in [0, 0.05) is 48.3 Å². The van der Waals surface area contributed by atoms with Crippen molar-refractivity contribution in [3.63, 3.8) is 0 Å². The van der Waals surface area contributed by atoms with E-state index in [0.29, 0.717) is 24.3 Å². The molecular formula is C20H20N4O2. The maximum atomic E-state index is 12.7. The number of hydrogen-bond acceptors (Lipinski definition) is 2. The number of nitrogens with zero attached hydrogens (tertiary/aromatic N) is 2. The number of pyridine rings is 1. The molecule has 0 saturated heterocycles. The molecule has 0 aliphatic carbocycles. The Morgan fingerprint density at radius 3 is 2.62 bits per heavy atom. The minimum atomic E-state index is -0.174. The topological polar surface area (TPSA) is 71.8 Å². The lowest BCUT2D eigenvalue weighted by atomic mass is 10.2. The SMILES string of the molecule is CCn1ccc2ccn(CCNC(=O)c3cc4ccccc4[nH]3)c(=O)c21. The normalized spacial score (nSPS) is 11.3. The molecule has 0 unspecified atom stereocenters. The number of aryl methyl sites for hydroxylation is 1. The van der Waals surface area contributed by atoms with E-state index >= 15 is 0 Å². The average molecular weight is 348 g/mol. The van der Waals surface area contributed by atoms with E-state index in [0.717, 1.165) is 22.8 Å². The molecule has 26 heavy (non-hydrogen) atoms. The van der Waals surface area contributed by atoms with Gasteiger partial charge in [-0.1, -0.05) is 18.2 Å². The molecule has 0 spiro atoms. The van der Waals surface area contributed by atoms with Crippen LogP contribution in [0, 0.1) is 0 Å². The van der Waals surface area contributed by atoms with Gasteiger partial charge in [-0.05, 0) is 31.2 Å². The van der Waals surface area contributed by atoms with Crippen LogP contribution in [0.1, 0.15) is 17.4 Å². The van der Waals surface area contributed by atoms with Crippen LogP contribution in [-0.4, -0.2) is 26.6 Å². The van der Waals surface area contributed by atoms with E-state index in [2.05, 4.69) is 10.3 Å². The molecule has 6 heteroatoms. The van der Waals surface area contributed by atoms with Crippen molar-refractivity contribution in [2.45, 2.75) is 20.0 Å². The second-order valence-corrected chi connectivity index (χ2v) is 6.25. The molecule has 3 aromatic heterocycles. The number of fused-ring (bicyclic) bond motifs is 2. The molecule has 4 aromatic rings. The first-order valence-electron chi connectivity index (χ1n) is 8.71. The molecule has 3 heterocycles. The molecule has 0 aliphatic rings. The van der Waals surface area contributed by atoms with Crippen molar-refractivity contribution in [1.82, 2.24) is 19.4 Å². The minimum Gasteiger partial charge on any atom is -0.351 e. The molecule has 0 atom stereocenters. The van der Waals surface area contributed by atoms with Crippen molar-refractivity contribution in [1.29, 1.82) is 0 Å². The lowest BCUT2D eigenvalue weighted by molar-refractivity contribution is 0.0948. The first-order valence-corrected chi connectivity index (χ1v) is 8.71. The van der Waals surface area contributed by atoms with Crippen LogP contribution in [0.15, 0.2) is 59.7 Å². The van der Waals surface area contributed by atoms with E-state index in [-0.39, 0.29) is 11.5 Å². The number of hydrogen-bond donors (Lipinski definition) is 2. The van der Waals surface area contributed by atoms with Crippen LogP contribution in [0.2, 0.25) is 0 Å². The van der Waals surface area contributed by atoms with Crippen molar-refractivity contribution in [3.8, 4) is 0 Å². The van der Waals surface area contributed by atoms with Gasteiger partial charge in [0.05, 0.1) is 0 Å². The number of carbonyl (C=O) groups excluding carboxylic acids is 1. The Balaban J connectivity index is 1.47. The largest absolute Gasteiger partial charge is 0.351 e. The quantitative estimate of drug-likeness (QED) is 0.582. The maximum Gasteiger partial charge on any atom is 0.275 e. The van der Waals surface area contributed by atoms with Crippen LogP contribution in [0.25, 0.3) is 21.8 Å². The van der Waals surface area contributed by atoms with Crippen LogP contribution >= 0.6 is 0 Å². The van der Waals surface area contributed by atoms with Gasteiger partial charge in [-0.25, -0.2) is 0 Å². The third-order valence-electron chi connectivity index (χ3n) is 4.65. The van der Waals surface area contributed by atoms with Crippen molar-refractivity contribution >= 4 is 27.7 Å². The Labute approximate surface area is 150 Å². The number of para-hydroxylation sites is 1. The number of rotatable bonds is 5. The Kier molecular flexibility index (Phi) is 4.08. The molecule has 0 saturated carbocycles. The zero-order chi connectivity index (χ0) is 18.1. The predicted molar refractivity (Wildman–Crippen MR) is 103 cm³/mol. The second-order valence-electron chi connectivity index (χ2n) is 6.25. The van der Waals surface area contributed by atoms with Gasteiger partial charge in [0.1, 0.15) is 11.2 Å². The van der Waals surface area contributed by atoms with Crippen LogP contribution in [0.4, 0.5) is 0 Å². The summed E-state index contributed by atoms with van der Waals surface area (Å²) in [5.41, 5.74) is 2.12. The van der Waals surface area contributed by atoms with Crippen molar-refractivity contribution < 1.29 is 4.79 Å². The summed E-state index contributed by atoms with van der Waals surface area (Å²) in [5.74, 6) is -0.174. The van der Waals surface area contributed by atoms with Gasteiger partial charge in [0.25, 0.3) is 11.5 Å². The van der Waals surface area contributed by atoms with Crippen LogP contribution in [-0.2, 0) is 13.1 Å². The van der Waals surface area contributed by atoms with Gasteiger partial charge in [-0.3, -0.25) is 9.59 Å². The highest BCUT2D eigenvalue weighted by Gasteiger charge is 2.10. The van der Waals surface area contributed by atoms with E-state index in [1.54, 1.807) is 10.8 Å². The molecule has 0 bridgehead atoms. The fourth-order valence-corrected chi connectivity index (χ4v) is 3.26. The molecule has 132 valence electrons. The summed E-state index contributed by atoms with van der Waals surface area (Å²) < 4.78 is 3.58. The Morgan fingerprint density at radius 2 is 1.85 bits per heavy atom. The Morgan fingerprint density at radius 1 is 1.08 bits per heavy atom. The number of amides is 1. The number of carbonyl (C=O) groups is 1. The smallest absolute Gasteiger partial charge is 0.275 e. The molecule has 1 amide bonds. The fourth-order valence-electron chi connectivity index (χ4n) is 3.26. The van der Waals surface area contributed by atoms with Gasteiger partial charge < -0.3 is 19.4 Å². The third-order valence-corrected chi connectivity index (χ3v) is 4.65. The van der Waals surface area contributed by atoms with E-state index in [9.17, 15) is 9.59 Å². The summed E-state index contributed by atoms with van der Waals surface area (Å²) >= 11 is 0. The molecule has 0 aliphatic heterocycles. The highest BCUT2D eigenvalue weighted by Crippen LogP contribution is 2.14. The van der Waals surface area contributed by atoms with Crippen molar-refractivity contribution in [2.75, 3.05) is 6.54 Å².